The molecule has 0 fully saturated rings. The van der Waals surface area contributed by atoms with Crippen LogP contribution >= 0.6 is 0 Å². The van der Waals surface area contributed by atoms with Gasteiger partial charge in [-0.25, -0.2) is 0 Å². The van der Waals surface area contributed by atoms with Crippen molar-refractivity contribution in [3.8, 4) is 0 Å². The zero-order valence-electron chi connectivity index (χ0n) is 11.7. The normalized spacial score (nSPS) is 14.7. The molecular weight excluding hydrogens is 238 g/mol. The minimum absolute atomic E-state index is 0.109. The Bertz CT molecular complexity index is 506. The number of benzene rings is 1. The van der Waals surface area contributed by atoms with E-state index in [1.807, 2.05) is 24.3 Å². The molecule has 0 saturated carbocycles. The van der Waals surface area contributed by atoms with Crippen LogP contribution in [-0.2, 0) is 0 Å². The van der Waals surface area contributed by atoms with Crippen LogP contribution in [0.2, 0.25) is 0 Å². The van der Waals surface area contributed by atoms with E-state index >= 15 is 0 Å². The summed E-state index contributed by atoms with van der Waals surface area (Å²) in [6.07, 6.45) is 4.45. The maximum Gasteiger partial charge on any atom is 0.134 e. The number of aliphatic hydroxyl groups excluding tert-OH is 1. The van der Waals surface area contributed by atoms with E-state index in [4.69, 9.17) is 4.42 Å². The van der Waals surface area contributed by atoms with E-state index in [0.29, 0.717) is 0 Å². The van der Waals surface area contributed by atoms with E-state index in [1.54, 1.807) is 6.26 Å². The van der Waals surface area contributed by atoms with E-state index in [1.165, 1.54) is 0 Å². The number of aliphatic hydroxyl groups is 1. The second kappa shape index (κ2) is 6.73. The van der Waals surface area contributed by atoms with Crippen molar-refractivity contribution in [1.82, 2.24) is 5.32 Å². The predicted molar refractivity (Wildman–Crippen MR) is 78.2 cm³/mol. The van der Waals surface area contributed by atoms with Gasteiger partial charge in [-0.1, -0.05) is 38.8 Å². The summed E-state index contributed by atoms with van der Waals surface area (Å²) in [5.41, 5.74) is 1.76. The van der Waals surface area contributed by atoms with Gasteiger partial charge >= 0.3 is 0 Å². The van der Waals surface area contributed by atoms with Crippen LogP contribution in [0.5, 0.6) is 0 Å². The van der Waals surface area contributed by atoms with Gasteiger partial charge in [0.15, 0.2) is 0 Å². The van der Waals surface area contributed by atoms with Crippen LogP contribution in [-0.4, -0.2) is 17.7 Å². The van der Waals surface area contributed by atoms with Gasteiger partial charge in [0.05, 0.1) is 12.4 Å². The molecule has 3 nitrogen and oxygen atoms in total. The number of furan rings is 1. The van der Waals surface area contributed by atoms with Crippen LogP contribution in [0.1, 0.15) is 44.8 Å². The van der Waals surface area contributed by atoms with Crippen molar-refractivity contribution in [3.05, 3.63) is 36.1 Å². The van der Waals surface area contributed by atoms with Crippen molar-refractivity contribution in [3.63, 3.8) is 0 Å². The molecule has 104 valence electrons. The third-order valence-corrected chi connectivity index (χ3v) is 3.54. The van der Waals surface area contributed by atoms with Crippen molar-refractivity contribution in [2.24, 2.45) is 0 Å². The Labute approximate surface area is 114 Å². The van der Waals surface area contributed by atoms with E-state index in [9.17, 15) is 5.11 Å². The van der Waals surface area contributed by atoms with E-state index in [-0.39, 0.29) is 6.04 Å². The Morgan fingerprint density at radius 2 is 2.11 bits per heavy atom. The first kappa shape index (κ1) is 14.1. The smallest absolute Gasteiger partial charge is 0.134 e. The molecule has 0 aliphatic rings. The van der Waals surface area contributed by atoms with Crippen LogP contribution in [0, 0.1) is 0 Å². The van der Waals surface area contributed by atoms with Gasteiger partial charge < -0.3 is 14.8 Å². The fourth-order valence-corrected chi connectivity index (χ4v) is 2.45. The second-order valence-corrected chi connectivity index (χ2v) is 4.97. The Morgan fingerprint density at radius 1 is 1.26 bits per heavy atom. The minimum Gasteiger partial charge on any atom is -0.464 e. The molecule has 1 aromatic carbocycles. The highest BCUT2D eigenvalue weighted by Crippen LogP contribution is 2.25. The number of fused-ring (bicyclic) bond motifs is 1. The first-order valence-corrected chi connectivity index (χ1v) is 7.14. The van der Waals surface area contributed by atoms with Gasteiger partial charge in [-0.15, -0.1) is 0 Å². The van der Waals surface area contributed by atoms with Gasteiger partial charge in [-0.05, 0) is 30.7 Å². The average Bonchev–Trinajstić information content (AvgIpc) is 2.90. The highest BCUT2D eigenvalue weighted by atomic mass is 16.3. The summed E-state index contributed by atoms with van der Waals surface area (Å²) in [5.74, 6) is 0. The molecule has 0 aliphatic carbocycles. The zero-order chi connectivity index (χ0) is 13.7. The predicted octanol–water partition coefficient (Wildman–Crippen LogP) is 3.63. The van der Waals surface area contributed by atoms with Gasteiger partial charge in [0.1, 0.15) is 5.58 Å². The van der Waals surface area contributed by atoms with Gasteiger partial charge in [0, 0.05) is 11.4 Å². The quantitative estimate of drug-likeness (QED) is 0.800. The lowest BCUT2D eigenvalue weighted by Crippen LogP contribution is -2.34. The third-order valence-electron chi connectivity index (χ3n) is 3.54. The lowest BCUT2D eigenvalue weighted by atomic mass is 9.97. The number of likely N-dealkylation sites (N-methyl/N-ethyl adjacent to an activating group) is 1. The summed E-state index contributed by atoms with van der Waals surface area (Å²) < 4.78 is 5.40. The fraction of sp³-hybridized carbons (Fsp3) is 0.500. The SMILES string of the molecule is CCCCC(NCC)C(O)c1ccc2ccoc2c1. The molecule has 0 spiro atoms. The molecule has 0 radical (unpaired) electrons. The number of hydrogen-bond donors (Lipinski definition) is 2. The summed E-state index contributed by atoms with van der Waals surface area (Å²) in [5, 5.41) is 15.0. The van der Waals surface area contributed by atoms with Gasteiger partial charge in [-0.2, -0.15) is 0 Å². The Balaban J connectivity index is 2.16. The second-order valence-electron chi connectivity index (χ2n) is 4.97. The fourth-order valence-electron chi connectivity index (χ4n) is 2.45. The zero-order valence-corrected chi connectivity index (χ0v) is 11.7. The summed E-state index contributed by atoms with van der Waals surface area (Å²) in [6, 6.07) is 7.97. The molecule has 2 unspecified atom stereocenters. The summed E-state index contributed by atoms with van der Waals surface area (Å²) in [4.78, 5) is 0. The van der Waals surface area contributed by atoms with E-state index in [0.717, 1.165) is 42.3 Å². The van der Waals surface area contributed by atoms with Crippen molar-refractivity contribution < 1.29 is 9.52 Å². The topological polar surface area (TPSA) is 45.4 Å². The first-order chi connectivity index (χ1) is 9.26. The molecule has 1 aromatic heterocycles. The van der Waals surface area contributed by atoms with Crippen LogP contribution in [0.3, 0.4) is 0 Å². The molecular formula is C16H23NO2. The molecule has 0 saturated heterocycles. The van der Waals surface area contributed by atoms with E-state index < -0.39 is 6.10 Å². The number of hydrogen-bond acceptors (Lipinski definition) is 3. The van der Waals surface area contributed by atoms with Crippen molar-refractivity contribution in [2.45, 2.75) is 45.3 Å². The molecule has 2 N–H and O–H groups in total. The minimum atomic E-state index is -0.485. The molecule has 0 bridgehead atoms. The molecule has 0 aliphatic heterocycles. The van der Waals surface area contributed by atoms with Crippen molar-refractivity contribution in [2.75, 3.05) is 6.54 Å². The standard InChI is InChI=1S/C16H23NO2/c1-3-5-6-14(17-4-2)16(18)13-8-7-12-9-10-19-15(12)11-13/h7-11,14,16-18H,3-6H2,1-2H3. The van der Waals surface area contributed by atoms with Crippen LogP contribution in [0.15, 0.2) is 34.9 Å². The molecule has 2 rings (SSSR count). The highest BCUT2D eigenvalue weighted by Gasteiger charge is 2.20. The third kappa shape index (κ3) is 3.37. The monoisotopic (exact) mass is 261 g/mol. The summed E-state index contributed by atoms with van der Waals surface area (Å²) >= 11 is 0. The maximum absolute atomic E-state index is 10.5. The molecule has 19 heavy (non-hydrogen) atoms. The van der Waals surface area contributed by atoms with Gasteiger partial charge in [-0.3, -0.25) is 0 Å². The molecule has 2 aromatic rings. The van der Waals surface area contributed by atoms with Gasteiger partial charge in [0.25, 0.3) is 0 Å². The van der Waals surface area contributed by atoms with Gasteiger partial charge in [0.2, 0.25) is 0 Å². The number of unbranched alkanes of at least 4 members (excludes halogenated alkanes) is 1. The van der Waals surface area contributed by atoms with Crippen molar-refractivity contribution >= 4 is 11.0 Å². The van der Waals surface area contributed by atoms with Crippen LogP contribution < -0.4 is 5.32 Å². The number of nitrogens with one attached hydrogen (secondary N) is 1. The van der Waals surface area contributed by atoms with Crippen LogP contribution in [0.4, 0.5) is 0 Å². The Morgan fingerprint density at radius 3 is 2.84 bits per heavy atom. The van der Waals surface area contributed by atoms with Crippen LogP contribution in [0.25, 0.3) is 11.0 Å². The first-order valence-electron chi connectivity index (χ1n) is 7.14. The largest absolute Gasteiger partial charge is 0.464 e. The average molecular weight is 261 g/mol. The number of rotatable bonds is 7. The molecule has 3 heteroatoms. The van der Waals surface area contributed by atoms with Crippen molar-refractivity contribution in [1.29, 1.82) is 0 Å². The maximum atomic E-state index is 10.5. The Kier molecular flexibility index (Phi) is 5.00. The summed E-state index contributed by atoms with van der Waals surface area (Å²) in [7, 11) is 0. The molecule has 1 heterocycles. The molecule has 0 amide bonds. The lowest BCUT2D eigenvalue weighted by molar-refractivity contribution is 0.123. The molecule has 2 atom stereocenters. The summed E-state index contributed by atoms with van der Waals surface area (Å²) in [6.45, 7) is 5.11. The Hall–Kier alpha value is -1.32. The highest BCUT2D eigenvalue weighted by molar-refractivity contribution is 5.77. The van der Waals surface area contributed by atoms with E-state index in [2.05, 4.69) is 19.2 Å². The lowest BCUT2D eigenvalue weighted by Gasteiger charge is -2.24.